The summed E-state index contributed by atoms with van der Waals surface area (Å²) in [7, 11) is 5.67. The van der Waals surface area contributed by atoms with Gasteiger partial charge in [0.05, 0.1) is 12.3 Å². The first-order valence-corrected chi connectivity index (χ1v) is 7.91. The lowest BCUT2D eigenvalue weighted by Crippen LogP contribution is -2.16. The van der Waals surface area contributed by atoms with Crippen molar-refractivity contribution in [2.75, 3.05) is 26.1 Å². The fourth-order valence-electron chi connectivity index (χ4n) is 2.06. The zero-order valence-corrected chi connectivity index (χ0v) is 14.1. The van der Waals surface area contributed by atoms with Crippen molar-refractivity contribution in [1.82, 2.24) is 10.3 Å². The van der Waals surface area contributed by atoms with E-state index in [1.807, 2.05) is 32.3 Å². The maximum absolute atomic E-state index is 6.03. The van der Waals surface area contributed by atoms with Crippen LogP contribution in [0.15, 0.2) is 24.3 Å². The second-order valence-corrected chi connectivity index (χ2v) is 6.31. The molecular weight excluding hydrogens is 306 g/mol. The third-order valence-electron chi connectivity index (χ3n) is 3.02. The lowest BCUT2D eigenvalue weighted by Gasteiger charge is -2.15. The lowest BCUT2D eigenvalue weighted by molar-refractivity contribution is 0.181. The molecule has 0 spiro atoms. The summed E-state index contributed by atoms with van der Waals surface area (Å²) < 4.78 is 5.22. The highest BCUT2D eigenvalue weighted by molar-refractivity contribution is 7.15. The minimum absolute atomic E-state index is 0.540. The Morgan fingerprint density at radius 3 is 2.90 bits per heavy atom. The Labute approximate surface area is 134 Å². The van der Waals surface area contributed by atoms with E-state index in [-0.39, 0.29) is 0 Å². The van der Waals surface area contributed by atoms with Crippen LogP contribution in [0.1, 0.15) is 16.1 Å². The van der Waals surface area contributed by atoms with Crippen molar-refractivity contribution in [3.8, 4) is 0 Å². The van der Waals surface area contributed by atoms with Crippen LogP contribution in [0, 0.1) is 0 Å². The molecule has 2 rings (SSSR count). The van der Waals surface area contributed by atoms with Crippen LogP contribution in [-0.2, 0) is 24.4 Å². The zero-order chi connectivity index (χ0) is 15.2. The largest absolute Gasteiger partial charge is 0.378 e. The molecule has 1 aromatic heterocycles. The average Bonchev–Trinajstić information content (AvgIpc) is 2.83. The van der Waals surface area contributed by atoms with Crippen LogP contribution in [0.25, 0.3) is 0 Å². The summed E-state index contributed by atoms with van der Waals surface area (Å²) in [5.74, 6) is 0. The molecule has 0 unspecified atom stereocenters. The average molecular weight is 326 g/mol. The molecule has 1 N–H and O–H groups in total. The third-order valence-corrected chi connectivity index (χ3v) is 4.47. The van der Waals surface area contributed by atoms with E-state index in [9.17, 15) is 0 Å². The normalized spacial score (nSPS) is 10.9. The van der Waals surface area contributed by atoms with E-state index in [4.69, 9.17) is 16.3 Å². The predicted octanol–water partition coefficient (Wildman–Crippen LogP) is 3.30. The topological polar surface area (TPSA) is 37.4 Å². The smallest absolute Gasteiger partial charge is 0.185 e. The number of hydrogen-bond donors (Lipinski definition) is 1. The molecule has 0 aliphatic carbocycles. The first kappa shape index (κ1) is 16.2. The predicted molar refractivity (Wildman–Crippen MR) is 89.1 cm³/mol. The van der Waals surface area contributed by atoms with E-state index in [2.05, 4.69) is 21.3 Å². The monoisotopic (exact) mass is 325 g/mol. The maximum atomic E-state index is 6.03. The number of nitrogens with zero attached hydrogens (tertiary/aromatic N) is 2. The highest BCUT2D eigenvalue weighted by Gasteiger charge is 2.13. The van der Waals surface area contributed by atoms with Crippen LogP contribution >= 0.6 is 22.9 Å². The third kappa shape index (κ3) is 4.41. The highest BCUT2D eigenvalue weighted by Crippen LogP contribution is 2.27. The van der Waals surface area contributed by atoms with E-state index in [1.165, 1.54) is 10.4 Å². The molecule has 1 aromatic carbocycles. The number of halogens is 1. The number of thiazole rings is 1. The minimum atomic E-state index is 0.540. The van der Waals surface area contributed by atoms with Crippen molar-refractivity contribution in [3.05, 3.63) is 45.4 Å². The van der Waals surface area contributed by atoms with Gasteiger partial charge in [0.15, 0.2) is 5.13 Å². The first-order valence-electron chi connectivity index (χ1n) is 6.71. The Hall–Kier alpha value is -1.14. The van der Waals surface area contributed by atoms with Gasteiger partial charge >= 0.3 is 0 Å². The van der Waals surface area contributed by atoms with Gasteiger partial charge in [-0.05, 0) is 24.7 Å². The van der Waals surface area contributed by atoms with E-state index in [0.717, 1.165) is 28.9 Å². The summed E-state index contributed by atoms with van der Waals surface area (Å²) >= 11 is 7.72. The van der Waals surface area contributed by atoms with Crippen molar-refractivity contribution < 1.29 is 4.74 Å². The summed E-state index contributed by atoms with van der Waals surface area (Å²) in [5, 5.41) is 4.92. The van der Waals surface area contributed by atoms with Gasteiger partial charge in [0.2, 0.25) is 0 Å². The molecule has 0 saturated heterocycles. The van der Waals surface area contributed by atoms with Gasteiger partial charge in [0.1, 0.15) is 0 Å². The number of ether oxygens (including phenoxy) is 1. The molecule has 0 saturated carbocycles. The summed E-state index contributed by atoms with van der Waals surface area (Å²) in [6, 6.07) is 7.91. The quantitative estimate of drug-likeness (QED) is 0.847. The van der Waals surface area contributed by atoms with Gasteiger partial charge in [-0.2, -0.15) is 0 Å². The molecule has 4 nitrogen and oxygen atoms in total. The van der Waals surface area contributed by atoms with Crippen LogP contribution in [0.4, 0.5) is 5.13 Å². The fraction of sp³-hybridized carbons (Fsp3) is 0.400. The van der Waals surface area contributed by atoms with Crippen molar-refractivity contribution in [1.29, 1.82) is 0 Å². The minimum Gasteiger partial charge on any atom is -0.378 e. The molecule has 0 fully saturated rings. The van der Waals surface area contributed by atoms with E-state index < -0.39 is 0 Å². The first-order chi connectivity index (χ1) is 10.1. The van der Waals surface area contributed by atoms with Crippen molar-refractivity contribution in [3.63, 3.8) is 0 Å². The Bertz CT molecular complexity index is 565. The number of hydrogen-bond acceptors (Lipinski definition) is 5. The second-order valence-electron chi connectivity index (χ2n) is 4.82. The molecule has 2 aromatic rings. The van der Waals surface area contributed by atoms with Crippen LogP contribution in [0.2, 0.25) is 5.02 Å². The molecule has 0 aliphatic heterocycles. The number of rotatable bonds is 7. The van der Waals surface area contributed by atoms with Gasteiger partial charge in [0.25, 0.3) is 0 Å². The standard InChI is InChI=1S/C15H20ClN3OS/c1-17-8-14-13(10-20-3)18-15(21-14)19(2)9-11-5-4-6-12(16)7-11/h4-7,17H,8-10H2,1-3H3. The van der Waals surface area contributed by atoms with Crippen LogP contribution < -0.4 is 10.2 Å². The number of methoxy groups -OCH3 is 1. The Morgan fingerprint density at radius 2 is 2.24 bits per heavy atom. The van der Waals surface area contributed by atoms with Gasteiger partial charge in [-0.1, -0.05) is 23.7 Å². The molecule has 0 aliphatic rings. The van der Waals surface area contributed by atoms with Crippen LogP contribution in [0.5, 0.6) is 0 Å². The maximum Gasteiger partial charge on any atom is 0.185 e. The molecule has 0 amide bonds. The molecule has 0 atom stereocenters. The highest BCUT2D eigenvalue weighted by atomic mass is 35.5. The SMILES string of the molecule is CNCc1sc(N(C)Cc2cccc(Cl)c2)nc1COC. The Balaban J connectivity index is 2.14. The summed E-state index contributed by atoms with van der Waals surface area (Å²) in [6.45, 7) is 2.12. The van der Waals surface area contributed by atoms with Crippen molar-refractivity contribution >= 4 is 28.1 Å². The van der Waals surface area contributed by atoms with E-state index in [1.54, 1.807) is 18.4 Å². The number of aromatic nitrogens is 1. The molecule has 1 heterocycles. The second kappa shape index (κ2) is 7.75. The van der Waals surface area contributed by atoms with Crippen molar-refractivity contribution in [2.45, 2.75) is 19.7 Å². The van der Waals surface area contributed by atoms with E-state index in [0.29, 0.717) is 6.61 Å². The summed E-state index contributed by atoms with van der Waals surface area (Å²) in [5.41, 5.74) is 2.17. The fourth-order valence-corrected chi connectivity index (χ4v) is 3.31. The van der Waals surface area contributed by atoms with Crippen LogP contribution in [-0.4, -0.2) is 26.2 Å². The van der Waals surface area contributed by atoms with Crippen molar-refractivity contribution in [2.24, 2.45) is 0 Å². The molecule has 21 heavy (non-hydrogen) atoms. The summed E-state index contributed by atoms with van der Waals surface area (Å²) in [4.78, 5) is 8.03. The Kier molecular flexibility index (Phi) is 5.99. The number of benzene rings is 1. The van der Waals surface area contributed by atoms with Gasteiger partial charge < -0.3 is 15.0 Å². The molecular formula is C15H20ClN3OS. The lowest BCUT2D eigenvalue weighted by atomic mass is 10.2. The van der Waals surface area contributed by atoms with Gasteiger partial charge in [-0.15, -0.1) is 11.3 Å². The molecule has 114 valence electrons. The van der Waals surface area contributed by atoms with Crippen LogP contribution in [0.3, 0.4) is 0 Å². The zero-order valence-electron chi connectivity index (χ0n) is 12.5. The van der Waals surface area contributed by atoms with E-state index >= 15 is 0 Å². The molecule has 0 radical (unpaired) electrons. The summed E-state index contributed by atoms with van der Waals surface area (Å²) in [6.07, 6.45) is 0. The molecule has 6 heteroatoms. The van der Waals surface area contributed by atoms with Gasteiger partial charge in [-0.25, -0.2) is 4.98 Å². The van der Waals surface area contributed by atoms with Gasteiger partial charge in [0, 0.05) is 37.1 Å². The van der Waals surface area contributed by atoms with Gasteiger partial charge in [-0.3, -0.25) is 0 Å². The number of nitrogens with one attached hydrogen (secondary N) is 1. The number of anilines is 1. The Morgan fingerprint density at radius 1 is 1.43 bits per heavy atom. The molecule has 0 bridgehead atoms.